The maximum absolute atomic E-state index is 12.9. The number of likely N-dealkylation sites (N-methyl/N-ethyl adjacent to an activating group) is 1. The van der Waals surface area contributed by atoms with Crippen molar-refractivity contribution < 1.29 is 18.3 Å². The minimum atomic E-state index is -3.58. The van der Waals surface area contributed by atoms with Crippen molar-refractivity contribution >= 4 is 21.5 Å². The minimum Gasteiger partial charge on any atom is -0.337 e. The standard InChI is InChI=1S/C17H24N4O2S/c1-4-21(15-8-6-5-7-9-15)24(22,23)16-10-11-17(19-14-16)18-12-13-20(2)3/h5-11,14H,4,12-13H2,1-3H3,(H,18,19)/p+2. The number of para-hydroxylation sites is 1. The molecule has 3 N–H and O–H groups in total. The maximum atomic E-state index is 12.9. The molecule has 0 spiro atoms. The molecule has 24 heavy (non-hydrogen) atoms. The van der Waals surface area contributed by atoms with E-state index < -0.39 is 10.0 Å². The molecule has 0 aliphatic carbocycles. The summed E-state index contributed by atoms with van der Waals surface area (Å²) in [5, 5.41) is 3.24. The number of rotatable bonds is 8. The highest BCUT2D eigenvalue weighted by atomic mass is 32.2. The summed E-state index contributed by atoms with van der Waals surface area (Å²) >= 11 is 0. The van der Waals surface area contributed by atoms with Gasteiger partial charge in [0.05, 0.1) is 19.8 Å². The van der Waals surface area contributed by atoms with Crippen LogP contribution in [0.25, 0.3) is 0 Å². The van der Waals surface area contributed by atoms with Crippen molar-refractivity contribution in [2.45, 2.75) is 11.8 Å². The van der Waals surface area contributed by atoms with Crippen molar-refractivity contribution in [3.63, 3.8) is 0 Å². The number of hydrogen-bond acceptors (Lipinski definition) is 3. The zero-order chi connectivity index (χ0) is 17.6. The third-order valence-electron chi connectivity index (χ3n) is 3.64. The lowest BCUT2D eigenvalue weighted by Crippen LogP contribution is -3.06. The zero-order valence-corrected chi connectivity index (χ0v) is 15.2. The zero-order valence-electron chi connectivity index (χ0n) is 14.4. The van der Waals surface area contributed by atoms with Crippen LogP contribution in [-0.4, -0.2) is 42.1 Å². The maximum Gasteiger partial charge on any atom is 0.272 e. The molecule has 1 aromatic heterocycles. The molecule has 0 saturated heterocycles. The lowest BCUT2D eigenvalue weighted by molar-refractivity contribution is -0.856. The Kier molecular flexibility index (Phi) is 6.16. The van der Waals surface area contributed by atoms with Crippen molar-refractivity contribution in [3.8, 4) is 0 Å². The smallest absolute Gasteiger partial charge is 0.272 e. The lowest BCUT2D eigenvalue weighted by atomic mass is 10.3. The molecule has 0 aliphatic heterocycles. The average Bonchev–Trinajstić information content (AvgIpc) is 2.56. The second kappa shape index (κ2) is 8.12. The number of anilines is 2. The fourth-order valence-corrected chi connectivity index (χ4v) is 3.78. The minimum absolute atomic E-state index is 0.247. The van der Waals surface area contributed by atoms with Crippen LogP contribution in [0.15, 0.2) is 53.6 Å². The second-order valence-corrected chi connectivity index (χ2v) is 7.69. The van der Waals surface area contributed by atoms with Crippen LogP contribution >= 0.6 is 0 Å². The van der Waals surface area contributed by atoms with Gasteiger partial charge < -0.3 is 4.90 Å². The summed E-state index contributed by atoms with van der Waals surface area (Å²) < 4.78 is 27.1. The fourth-order valence-electron chi connectivity index (χ4n) is 2.34. The van der Waals surface area contributed by atoms with Gasteiger partial charge in [0.15, 0.2) is 0 Å². The van der Waals surface area contributed by atoms with Gasteiger partial charge in [0.25, 0.3) is 15.8 Å². The summed E-state index contributed by atoms with van der Waals surface area (Å²) in [6.07, 6.45) is 1.53. The van der Waals surface area contributed by atoms with E-state index in [1.807, 2.05) is 25.1 Å². The third kappa shape index (κ3) is 4.46. The van der Waals surface area contributed by atoms with Crippen LogP contribution in [0.2, 0.25) is 0 Å². The summed E-state index contributed by atoms with van der Waals surface area (Å²) in [7, 11) is 0.590. The number of nitrogens with zero attached hydrogens (tertiary/aromatic N) is 1. The third-order valence-corrected chi connectivity index (χ3v) is 5.54. The van der Waals surface area contributed by atoms with Crippen molar-refractivity contribution in [2.75, 3.05) is 43.4 Å². The molecule has 130 valence electrons. The van der Waals surface area contributed by atoms with Crippen LogP contribution in [0.3, 0.4) is 0 Å². The van der Waals surface area contributed by atoms with Gasteiger partial charge >= 0.3 is 0 Å². The first-order valence-corrected chi connectivity index (χ1v) is 9.51. The van der Waals surface area contributed by atoms with Crippen LogP contribution in [0, 0.1) is 0 Å². The average molecular weight is 350 g/mol. The van der Waals surface area contributed by atoms with Gasteiger partial charge in [0.1, 0.15) is 24.2 Å². The molecule has 0 atom stereocenters. The molecule has 0 radical (unpaired) electrons. The monoisotopic (exact) mass is 350 g/mol. The predicted octanol–water partition coefficient (Wildman–Crippen LogP) is 0.272. The number of nitrogens with one attached hydrogen (secondary N) is 3. The Morgan fingerprint density at radius 3 is 2.38 bits per heavy atom. The van der Waals surface area contributed by atoms with E-state index in [0.717, 1.165) is 18.9 Å². The quantitative estimate of drug-likeness (QED) is 0.718. The molecule has 0 fully saturated rings. The Bertz CT molecular complexity index is 731. The van der Waals surface area contributed by atoms with Crippen molar-refractivity contribution in [1.29, 1.82) is 0 Å². The number of sulfonamides is 1. The summed E-state index contributed by atoms with van der Waals surface area (Å²) in [6.45, 7) is 3.99. The fraction of sp³-hybridized carbons (Fsp3) is 0.353. The molecule has 6 nitrogen and oxygen atoms in total. The van der Waals surface area contributed by atoms with Crippen LogP contribution in [0.4, 0.5) is 11.5 Å². The number of quaternary nitrogens is 1. The molecule has 0 unspecified atom stereocenters. The van der Waals surface area contributed by atoms with Crippen LogP contribution in [0.5, 0.6) is 0 Å². The first kappa shape index (κ1) is 18.2. The highest BCUT2D eigenvalue weighted by Crippen LogP contribution is 2.22. The number of hydrogen-bond donors (Lipinski definition) is 2. The van der Waals surface area contributed by atoms with E-state index in [4.69, 9.17) is 0 Å². The van der Waals surface area contributed by atoms with Gasteiger partial charge in [-0.15, -0.1) is 0 Å². The van der Waals surface area contributed by atoms with Gasteiger partial charge in [-0.3, -0.25) is 9.62 Å². The van der Waals surface area contributed by atoms with Crippen molar-refractivity contribution in [3.05, 3.63) is 48.7 Å². The Hall–Kier alpha value is -2.12. The molecule has 0 saturated carbocycles. The number of H-pyrrole nitrogens is 1. The number of aromatic amines is 1. The predicted molar refractivity (Wildman–Crippen MR) is 95.8 cm³/mol. The number of pyridine rings is 1. The SMILES string of the molecule is CCN(c1ccccc1)S(=O)(=O)c1ccc(NCC[NH+](C)C)[nH+]c1. The number of benzene rings is 1. The molecule has 0 amide bonds. The van der Waals surface area contributed by atoms with Gasteiger partial charge in [0.2, 0.25) is 0 Å². The van der Waals surface area contributed by atoms with E-state index in [1.54, 1.807) is 24.3 Å². The first-order chi connectivity index (χ1) is 11.4. The van der Waals surface area contributed by atoms with Crippen molar-refractivity contribution in [1.82, 2.24) is 0 Å². The largest absolute Gasteiger partial charge is 0.337 e. The van der Waals surface area contributed by atoms with Gasteiger partial charge in [-0.1, -0.05) is 18.2 Å². The van der Waals surface area contributed by atoms with E-state index in [9.17, 15) is 8.42 Å². The Labute approximate surface area is 144 Å². The van der Waals surface area contributed by atoms with E-state index in [1.165, 1.54) is 15.4 Å². The first-order valence-electron chi connectivity index (χ1n) is 8.07. The van der Waals surface area contributed by atoms with Gasteiger partial charge in [0, 0.05) is 12.6 Å². The number of aromatic nitrogens is 1. The van der Waals surface area contributed by atoms with E-state index in [2.05, 4.69) is 24.4 Å². The lowest BCUT2D eigenvalue weighted by Gasteiger charge is -2.22. The second-order valence-electron chi connectivity index (χ2n) is 5.83. The van der Waals surface area contributed by atoms with Crippen LogP contribution in [0.1, 0.15) is 6.92 Å². The molecular formula is C17H26N4O2S+2. The molecule has 0 bridgehead atoms. The Morgan fingerprint density at radius 2 is 1.83 bits per heavy atom. The molecule has 1 aromatic carbocycles. The van der Waals surface area contributed by atoms with Crippen LogP contribution in [-0.2, 0) is 10.0 Å². The normalized spacial score (nSPS) is 11.5. The Balaban J connectivity index is 2.17. The molecule has 2 aromatic rings. The van der Waals surface area contributed by atoms with E-state index in [-0.39, 0.29) is 4.90 Å². The summed E-state index contributed by atoms with van der Waals surface area (Å²) in [6, 6.07) is 12.5. The summed E-state index contributed by atoms with van der Waals surface area (Å²) in [4.78, 5) is 4.62. The van der Waals surface area contributed by atoms with Crippen molar-refractivity contribution in [2.24, 2.45) is 0 Å². The summed E-state index contributed by atoms with van der Waals surface area (Å²) in [5.41, 5.74) is 0.663. The van der Waals surface area contributed by atoms with Gasteiger partial charge in [-0.2, -0.15) is 0 Å². The molecular weight excluding hydrogens is 324 g/mol. The molecule has 1 heterocycles. The van der Waals surface area contributed by atoms with Gasteiger partial charge in [-0.05, 0) is 25.1 Å². The topological polar surface area (TPSA) is 68.0 Å². The van der Waals surface area contributed by atoms with Crippen LogP contribution < -0.4 is 19.5 Å². The molecule has 0 aliphatic rings. The molecule has 7 heteroatoms. The summed E-state index contributed by atoms with van der Waals surface area (Å²) in [5.74, 6) is 0.804. The highest BCUT2D eigenvalue weighted by Gasteiger charge is 2.24. The van der Waals surface area contributed by atoms with E-state index >= 15 is 0 Å². The van der Waals surface area contributed by atoms with E-state index in [0.29, 0.717) is 12.2 Å². The van der Waals surface area contributed by atoms with Gasteiger partial charge in [-0.25, -0.2) is 13.4 Å². The highest BCUT2D eigenvalue weighted by molar-refractivity contribution is 7.92. The Morgan fingerprint density at radius 1 is 1.12 bits per heavy atom. The molecule has 2 rings (SSSR count).